The van der Waals surface area contributed by atoms with Gasteiger partial charge in [0.1, 0.15) is 10.8 Å². The molecule has 0 spiro atoms. The van der Waals surface area contributed by atoms with Crippen molar-refractivity contribution in [3.8, 4) is 0 Å². The zero-order valence-electron chi connectivity index (χ0n) is 6.40. The van der Waals surface area contributed by atoms with Crippen molar-refractivity contribution in [2.45, 2.75) is 6.92 Å². The number of hydrogen-bond acceptors (Lipinski definition) is 1. The first-order valence-corrected chi connectivity index (χ1v) is 3.90. The van der Waals surface area contributed by atoms with E-state index >= 15 is 0 Å². The van der Waals surface area contributed by atoms with E-state index in [1.165, 1.54) is 6.07 Å². The minimum absolute atomic E-state index is 0.0561. The summed E-state index contributed by atoms with van der Waals surface area (Å²) in [5, 5.41) is 0.919. The Morgan fingerprint density at radius 3 is 2.92 bits per heavy atom. The number of furan rings is 1. The Balaban J connectivity index is 2.93. The predicted molar refractivity (Wildman–Crippen MR) is 45.9 cm³/mol. The molecule has 0 aliphatic rings. The van der Waals surface area contributed by atoms with E-state index in [0.717, 1.165) is 10.9 Å². The second kappa shape index (κ2) is 2.49. The molecular formula is C9H6ClFO. The lowest BCUT2D eigenvalue weighted by molar-refractivity contribution is 0.597. The second-order valence-electron chi connectivity index (χ2n) is 2.66. The molecule has 0 atom stereocenters. The van der Waals surface area contributed by atoms with E-state index in [-0.39, 0.29) is 5.02 Å². The predicted octanol–water partition coefficient (Wildman–Crippen LogP) is 3.53. The Bertz CT molecular complexity index is 433. The van der Waals surface area contributed by atoms with Crippen LogP contribution in [-0.2, 0) is 0 Å². The monoisotopic (exact) mass is 184 g/mol. The number of aryl methyl sites for hydroxylation is 1. The fraction of sp³-hybridized carbons (Fsp3) is 0.111. The van der Waals surface area contributed by atoms with Crippen LogP contribution in [-0.4, -0.2) is 0 Å². The highest BCUT2D eigenvalue weighted by atomic mass is 35.5. The maximum atomic E-state index is 12.9. The normalized spacial score (nSPS) is 10.9. The van der Waals surface area contributed by atoms with Crippen molar-refractivity contribution < 1.29 is 8.81 Å². The summed E-state index contributed by atoms with van der Waals surface area (Å²) < 4.78 is 18.0. The molecule has 2 aromatic rings. The average molecular weight is 185 g/mol. The summed E-state index contributed by atoms with van der Waals surface area (Å²) in [4.78, 5) is 0. The molecule has 0 saturated carbocycles. The van der Waals surface area contributed by atoms with Gasteiger partial charge in [0.2, 0.25) is 0 Å². The lowest BCUT2D eigenvalue weighted by atomic mass is 10.2. The molecule has 0 saturated heterocycles. The van der Waals surface area contributed by atoms with E-state index < -0.39 is 5.82 Å². The van der Waals surface area contributed by atoms with Crippen LogP contribution in [0.5, 0.6) is 0 Å². The number of halogens is 2. The minimum atomic E-state index is -0.446. The van der Waals surface area contributed by atoms with Crippen molar-refractivity contribution in [3.05, 3.63) is 34.8 Å². The summed E-state index contributed by atoms with van der Waals surface area (Å²) in [6.45, 7) is 1.89. The van der Waals surface area contributed by atoms with Crippen molar-refractivity contribution in [2.24, 2.45) is 0 Å². The van der Waals surface area contributed by atoms with Gasteiger partial charge in [0.15, 0.2) is 5.58 Å². The Morgan fingerprint density at radius 1 is 1.42 bits per heavy atom. The molecule has 1 aromatic heterocycles. The molecule has 3 heteroatoms. The molecule has 0 N–H and O–H groups in total. The third-order valence-corrected chi connectivity index (χ3v) is 2.18. The van der Waals surface area contributed by atoms with Gasteiger partial charge in [-0.1, -0.05) is 11.6 Å². The molecule has 0 aliphatic heterocycles. The summed E-state index contributed by atoms with van der Waals surface area (Å²) in [5.41, 5.74) is 1.39. The average Bonchev–Trinajstić information content (AvgIpc) is 2.41. The molecule has 12 heavy (non-hydrogen) atoms. The molecule has 0 bridgehead atoms. The first kappa shape index (κ1) is 7.62. The molecule has 2 rings (SSSR count). The van der Waals surface area contributed by atoms with Crippen LogP contribution >= 0.6 is 11.6 Å². The van der Waals surface area contributed by atoms with E-state index in [1.54, 1.807) is 12.3 Å². The van der Waals surface area contributed by atoms with E-state index in [9.17, 15) is 4.39 Å². The van der Waals surface area contributed by atoms with Gasteiger partial charge in [-0.25, -0.2) is 4.39 Å². The quantitative estimate of drug-likeness (QED) is 0.611. The molecule has 1 aromatic carbocycles. The Morgan fingerprint density at radius 2 is 2.17 bits per heavy atom. The molecule has 0 radical (unpaired) electrons. The zero-order valence-corrected chi connectivity index (χ0v) is 7.15. The first-order valence-electron chi connectivity index (χ1n) is 3.52. The Kier molecular flexibility index (Phi) is 1.58. The highest BCUT2D eigenvalue weighted by Gasteiger charge is 2.09. The van der Waals surface area contributed by atoms with E-state index in [1.807, 2.05) is 6.92 Å². The van der Waals surface area contributed by atoms with Crippen LogP contribution < -0.4 is 0 Å². The van der Waals surface area contributed by atoms with E-state index in [2.05, 4.69) is 0 Å². The Hall–Kier alpha value is -1.02. The molecule has 0 fully saturated rings. The van der Waals surface area contributed by atoms with Crippen LogP contribution in [0.1, 0.15) is 5.56 Å². The SMILES string of the molecule is Cc1coc2c(Cl)c(F)ccc12. The number of hydrogen-bond donors (Lipinski definition) is 0. The van der Waals surface area contributed by atoms with Gasteiger partial charge in [0.25, 0.3) is 0 Å². The molecule has 62 valence electrons. The lowest BCUT2D eigenvalue weighted by Crippen LogP contribution is -1.76. The van der Waals surface area contributed by atoms with Crippen molar-refractivity contribution in [3.63, 3.8) is 0 Å². The molecule has 0 aliphatic carbocycles. The number of benzene rings is 1. The molecule has 0 amide bonds. The fourth-order valence-electron chi connectivity index (χ4n) is 1.17. The second-order valence-corrected chi connectivity index (χ2v) is 3.03. The van der Waals surface area contributed by atoms with E-state index in [0.29, 0.717) is 5.58 Å². The van der Waals surface area contributed by atoms with Crippen LogP contribution in [0, 0.1) is 12.7 Å². The van der Waals surface area contributed by atoms with Crippen molar-refractivity contribution in [1.29, 1.82) is 0 Å². The van der Waals surface area contributed by atoms with Gasteiger partial charge in [-0.2, -0.15) is 0 Å². The molecule has 1 nitrogen and oxygen atoms in total. The molecule has 1 heterocycles. The maximum absolute atomic E-state index is 12.9. The van der Waals surface area contributed by atoms with Crippen molar-refractivity contribution >= 4 is 22.6 Å². The largest absolute Gasteiger partial charge is 0.462 e. The summed E-state index contributed by atoms with van der Waals surface area (Å²) in [5.74, 6) is -0.446. The van der Waals surface area contributed by atoms with Crippen LogP contribution in [0.3, 0.4) is 0 Å². The van der Waals surface area contributed by atoms with Crippen LogP contribution in [0.4, 0.5) is 4.39 Å². The molecule has 0 unspecified atom stereocenters. The smallest absolute Gasteiger partial charge is 0.155 e. The minimum Gasteiger partial charge on any atom is -0.462 e. The Labute approximate surface area is 73.7 Å². The summed E-state index contributed by atoms with van der Waals surface area (Å²) in [6, 6.07) is 3.00. The van der Waals surface area contributed by atoms with Gasteiger partial charge in [0.05, 0.1) is 6.26 Å². The maximum Gasteiger partial charge on any atom is 0.155 e. The number of rotatable bonds is 0. The van der Waals surface area contributed by atoms with Crippen LogP contribution in [0.25, 0.3) is 11.0 Å². The fourth-order valence-corrected chi connectivity index (χ4v) is 1.38. The van der Waals surface area contributed by atoms with Gasteiger partial charge in [-0.15, -0.1) is 0 Å². The molecular weight excluding hydrogens is 179 g/mol. The lowest BCUT2D eigenvalue weighted by Gasteiger charge is -1.93. The van der Waals surface area contributed by atoms with Gasteiger partial charge < -0.3 is 4.42 Å². The topological polar surface area (TPSA) is 13.1 Å². The van der Waals surface area contributed by atoms with Gasteiger partial charge in [-0.05, 0) is 24.6 Å². The van der Waals surface area contributed by atoms with Crippen LogP contribution in [0.2, 0.25) is 5.02 Å². The standard InChI is InChI=1S/C9H6ClFO/c1-5-4-12-9-6(5)2-3-7(11)8(9)10/h2-4H,1H3. The van der Waals surface area contributed by atoms with Crippen LogP contribution in [0.15, 0.2) is 22.8 Å². The highest BCUT2D eigenvalue weighted by molar-refractivity contribution is 6.35. The summed E-state index contributed by atoms with van der Waals surface area (Å²) in [7, 11) is 0. The third-order valence-electron chi connectivity index (χ3n) is 1.83. The highest BCUT2D eigenvalue weighted by Crippen LogP contribution is 2.29. The van der Waals surface area contributed by atoms with Gasteiger partial charge >= 0.3 is 0 Å². The summed E-state index contributed by atoms with van der Waals surface area (Å²) in [6.07, 6.45) is 1.57. The van der Waals surface area contributed by atoms with Gasteiger partial charge in [0, 0.05) is 5.39 Å². The van der Waals surface area contributed by atoms with E-state index in [4.69, 9.17) is 16.0 Å². The number of fused-ring (bicyclic) bond motifs is 1. The zero-order chi connectivity index (χ0) is 8.72. The summed E-state index contributed by atoms with van der Waals surface area (Å²) >= 11 is 5.67. The first-order chi connectivity index (χ1) is 5.70. The third kappa shape index (κ3) is 0.916. The van der Waals surface area contributed by atoms with Crippen molar-refractivity contribution in [2.75, 3.05) is 0 Å². The van der Waals surface area contributed by atoms with Crippen molar-refractivity contribution in [1.82, 2.24) is 0 Å². The van der Waals surface area contributed by atoms with Gasteiger partial charge in [-0.3, -0.25) is 0 Å².